The van der Waals surface area contributed by atoms with Crippen molar-refractivity contribution in [2.75, 3.05) is 16.8 Å². The predicted octanol–water partition coefficient (Wildman–Crippen LogP) is -1.45. The van der Waals surface area contributed by atoms with E-state index in [9.17, 15) is 44.4 Å². The first-order valence-corrected chi connectivity index (χ1v) is 15.8. The van der Waals surface area contributed by atoms with Crippen molar-refractivity contribution < 1.29 is 53.8 Å². The summed E-state index contributed by atoms with van der Waals surface area (Å²) >= 11 is 2.20. The number of fused-ring (bicyclic) bond motifs is 1. The van der Waals surface area contributed by atoms with Crippen LogP contribution in [-0.2, 0) is 41.9 Å². The number of thioether (sulfide) groups is 1. The standard InChI is InChI=1S/C28H28N8O10S2/c1-28(2,26(44)45)46-33-19(15-11-48-27(29)31-15)22(40)32-20-23(41)36-21(25(42)43)13(10-47-24(20)36)8-34-5-6-35(12-34)9-18(39)30-14-3-4-16(37)17(38)7-14/h3-7,11-12,20,24H,8-10H2,1-2H3,(H7-,29,30,31,32,33,37,38,39,40,42,43,44,45)/t20-,24-/m1/s1. The summed E-state index contributed by atoms with van der Waals surface area (Å²) in [7, 11) is 0. The van der Waals surface area contributed by atoms with E-state index in [0.29, 0.717) is 5.57 Å². The van der Waals surface area contributed by atoms with E-state index in [-0.39, 0.29) is 46.8 Å². The number of carbonyl (C=O) groups excluding carboxylic acids is 4. The Bertz CT molecular complexity index is 1880. The number of benzene rings is 1. The number of imidazole rings is 1. The zero-order valence-electron chi connectivity index (χ0n) is 25.1. The zero-order chi connectivity index (χ0) is 34.9. The molecule has 4 heterocycles. The van der Waals surface area contributed by atoms with E-state index in [2.05, 4.69) is 20.8 Å². The third kappa shape index (κ3) is 7.03. The number of aromatic nitrogens is 3. The zero-order valence-corrected chi connectivity index (χ0v) is 26.8. The summed E-state index contributed by atoms with van der Waals surface area (Å²) in [6, 6.07) is 2.68. The molecule has 2 aliphatic rings. The molecule has 48 heavy (non-hydrogen) atoms. The molecule has 0 saturated carbocycles. The fraction of sp³-hybridized carbons (Fsp3) is 0.286. The second-order valence-electron chi connectivity index (χ2n) is 11.0. The summed E-state index contributed by atoms with van der Waals surface area (Å²) in [5, 5.41) is 50.2. The minimum atomic E-state index is -1.80. The van der Waals surface area contributed by atoms with E-state index in [1.165, 1.54) is 53.8 Å². The first kappa shape index (κ1) is 33.7. The van der Waals surface area contributed by atoms with Crippen LogP contribution < -0.4 is 26.0 Å². The number of nitrogens with two attached hydrogens (primary N) is 1. The molecule has 20 heteroatoms. The molecular formula is C28H28N8O10S2. The predicted molar refractivity (Wildman–Crippen MR) is 166 cm³/mol. The van der Waals surface area contributed by atoms with Crippen LogP contribution in [0.5, 0.6) is 11.5 Å². The Hall–Kier alpha value is -5.63. The molecule has 3 amide bonds. The number of aromatic hydroxyl groups is 2. The average Bonchev–Trinajstić information content (AvgIpc) is 3.65. The molecule has 0 unspecified atom stereocenters. The number of carboxylic acids is 2. The van der Waals surface area contributed by atoms with Gasteiger partial charge in [0.1, 0.15) is 36.0 Å². The highest BCUT2D eigenvalue weighted by atomic mass is 32.2. The van der Waals surface area contributed by atoms with Crippen molar-refractivity contribution in [2.24, 2.45) is 5.16 Å². The number of thiazole rings is 1. The summed E-state index contributed by atoms with van der Waals surface area (Å²) in [5.74, 6) is -5.58. The molecule has 2 atom stereocenters. The topological polar surface area (TPSA) is 266 Å². The number of amides is 3. The smallest absolute Gasteiger partial charge is 0.350 e. The van der Waals surface area contributed by atoms with Crippen molar-refractivity contribution in [2.45, 2.75) is 44.0 Å². The number of carboxylic acid groups (broad SMARTS) is 2. The number of hydrogen-bond donors (Lipinski definition) is 6. The normalized spacial score (nSPS) is 17.8. The summed E-state index contributed by atoms with van der Waals surface area (Å²) < 4.78 is 3.15. The molecule has 0 aliphatic carbocycles. The molecule has 1 fully saturated rings. The van der Waals surface area contributed by atoms with Gasteiger partial charge < -0.3 is 46.4 Å². The van der Waals surface area contributed by atoms with Gasteiger partial charge in [-0.1, -0.05) is 5.16 Å². The fourth-order valence-electron chi connectivity index (χ4n) is 4.62. The number of aliphatic carboxylic acids is 2. The number of phenolic OH excluding ortho intramolecular Hbond substituents is 2. The Labute approximate surface area is 279 Å². The average molecular weight is 701 g/mol. The lowest BCUT2D eigenvalue weighted by Gasteiger charge is -2.50. The molecule has 7 N–H and O–H groups in total. The second-order valence-corrected chi connectivity index (χ2v) is 13.0. The van der Waals surface area contributed by atoms with Crippen molar-refractivity contribution in [3.8, 4) is 11.5 Å². The van der Waals surface area contributed by atoms with Gasteiger partial charge in [0.25, 0.3) is 17.7 Å². The second kappa shape index (κ2) is 13.2. The van der Waals surface area contributed by atoms with Gasteiger partial charge in [0.15, 0.2) is 28.9 Å². The molecule has 3 aromatic rings. The molecular weight excluding hydrogens is 672 g/mol. The molecule has 0 spiro atoms. The number of carbonyl (C=O) groups is 5. The largest absolute Gasteiger partial charge is 0.543 e. The molecule has 0 bridgehead atoms. The molecule has 18 nitrogen and oxygen atoms in total. The monoisotopic (exact) mass is 700 g/mol. The lowest BCUT2D eigenvalue weighted by Crippen LogP contribution is -2.71. The van der Waals surface area contributed by atoms with Gasteiger partial charge in [-0.3, -0.25) is 19.3 Å². The van der Waals surface area contributed by atoms with Gasteiger partial charge in [0.05, 0.1) is 11.7 Å². The minimum Gasteiger partial charge on any atom is -0.543 e. The first-order chi connectivity index (χ1) is 22.6. The number of oxime groups is 1. The Morgan fingerprint density at radius 1 is 1.25 bits per heavy atom. The SMILES string of the molecule is CC(C)(O/N=C(\C(=O)N[C@@H]1C(=O)N2C(C(=O)[O-])=C(C[n+]3ccn(CC(=O)Nc4ccc(O)c(O)c4)c3)CS[C@H]12)c1csc(N)n1)C(=O)O. The van der Waals surface area contributed by atoms with Crippen molar-refractivity contribution in [3.63, 3.8) is 0 Å². The summed E-state index contributed by atoms with van der Waals surface area (Å²) in [6.45, 7) is 2.36. The number of nitrogen functional groups attached to an aromatic ring is 1. The van der Waals surface area contributed by atoms with Crippen LogP contribution in [0, 0.1) is 0 Å². The van der Waals surface area contributed by atoms with Crippen LogP contribution in [0.1, 0.15) is 19.5 Å². The molecule has 1 saturated heterocycles. The molecule has 0 radical (unpaired) electrons. The minimum absolute atomic E-state index is 0.0187. The van der Waals surface area contributed by atoms with Crippen LogP contribution >= 0.6 is 23.1 Å². The lowest BCUT2D eigenvalue weighted by atomic mass is 10.0. The van der Waals surface area contributed by atoms with Crippen LogP contribution in [-0.4, -0.2) is 87.9 Å². The molecule has 1 aromatic carbocycles. The maximum Gasteiger partial charge on any atom is 0.350 e. The van der Waals surface area contributed by atoms with Gasteiger partial charge in [-0.2, -0.15) is 0 Å². The fourth-order valence-corrected chi connectivity index (χ4v) is 6.50. The molecule has 2 aliphatic heterocycles. The van der Waals surface area contributed by atoms with Gasteiger partial charge in [-0.05, 0) is 26.0 Å². The van der Waals surface area contributed by atoms with Crippen molar-refractivity contribution in [3.05, 3.63) is 59.3 Å². The highest BCUT2D eigenvalue weighted by Crippen LogP contribution is 2.40. The van der Waals surface area contributed by atoms with E-state index >= 15 is 0 Å². The van der Waals surface area contributed by atoms with Crippen molar-refractivity contribution >= 4 is 69.3 Å². The van der Waals surface area contributed by atoms with Crippen LogP contribution in [0.15, 0.2) is 58.7 Å². The van der Waals surface area contributed by atoms with E-state index < -0.39 is 58.1 Å². The molecule has 252 valence electrons. The number of anilines is 2. The van der Waals surface area contributed by atoms with Crippen molar-refractivity contribution in [1.29, 1.82) is 0 Å². The van der Waals surface area contributed by atoms with Gasteiger partial charge in [-0.15, -0.1) is 23.1 Å². The lowest BCUT2D eigenvalue weighted by molar-refractivity contribution is -0.688. The summed E-state index contributed by atoms with van der Waals surface area (Å²) in [5.41, 5.74) is 3.72. The van der Waals surface area contributed by atoms with E-state index in [0.717, 1.165) is 16.2 Å². The number of hydrogen-bond acceptors (Lipinski definition) is 14. The maximum absolute atomic E-state index is 13.3. The number of phenols is 2. The van der Waals surface area contributed by atoms with Gasteiger partial charge in [-0.25, -0.2) is 18.9 Å². The summed E-state index contributed by atoms with van der Waals surface area (Å²) in [6.07, 6.45) is 4.75. The van der Waals surface area contributed by atoms with Crippen LogP contribution in [0.2, 0.25) is 0 Å². The highest BCUT2D eigenvalue weighted by molar-refractivity contribution is 8.00. The number of β-lactam (4-membered cyclic amide) rings is 1. The maximum atomic E-state index is 13.3. The van der Waals surface area contributed by atoms with Crippen LogP contribution in [0.4, 0.5) is 10.8 Å². The van der Waals surface area contributed by atoms with Crippen molar-refractivity contribution in [1.82, 2.24) is 19.8 Å². The molecule has 5 rings (SSSR count). The van der Waals surface area contributed by atoms with E-state index in [1.54, 1.807) is 23.3 Å². The summed E-state index contributed by atoms with van der Waals surface area (Å²) in [4.78, 5) is 72.8. The highest BCUT2D eigenvalue weighted by Gasteiger charge is 2.53. The first-order valence-electron chi connectivity index (χ1n) is 13.9. The Morgan fingerprint density at radius 2 is 2.00 bits per heavy atom. The number of nitrogens with one attached hydrogen (secondary N) is 2. The Kier molecular flexibility index (Phi) is 9.30. The van der Waals surface area contributed by atoms with E-state index in [1.807, 2.05) is 0 Å². The van der Waals surface area contributed by atoms with Crippen LogP contribution in [0.25, 0.3) is 0 Å². The third-order valence-electron chi connectivity index (χ3n) is 7.09. The Balaban J connectivity index is 1.27. The molecule has 2 aromatic heterocycles. The number of rotatable bonds is 12. The van der Waals surface area contributed by atoms with Gasteiger partial charge in [0.2, 0.25) is 11.9 Å². The van der Waals surface area contributed by atoms with Crippen LogP contribution in [0.3, 0.4) is 0 Å². The quantitative estimate of drug-likeness (QED) is 0.0316. The third-order valence-corrected chi connectivity index (χ3v) is 9.11. The Morgan fingerprint density at radius 3 is 2.65 bits per heavy atom. The van der Waals surface area contributed by atoms with E-state index in [4.69, 9.17) is 10.6 Å². The van der Waals surface area contributed by atoms with Gasteiger partial charge in [0, 0.05) is 28.5 Å². The number of nitrogens with zero attached hydrogens (tertiary/aromatic N) is 5. The van der Waals surface area contributed by atoms with Gasteiger partial charge >= 0.3 is 5.97 Å².